The van der Waals surface area contributed by atoms with Crippen LogP contribution in [0.4, 0.5) is 14.5 Å². The van der Waals surface area contributed by atoms with Gasteiger partial charge in [-0.1, -0.05) is 0 Å². The maximum atomic E-state index is 13.5. The molecule has 0 fully saturated rings. The van der Waals surface area contributed by atoms with E-state index in [2.05, 4.69) is 11.2 Å². The molecule has 1 aromatic carbocycles. The molecule has 0 radical (unpaired) electrons. The molecule has 3 nitrogen and oxygen atoms in total. The van der Waals surface area contributed by atoms with Crippen molar-refractivity contribution in [1.29, 1.82) is 0 Å². The van der Waals surface area contributed by atoms with Crippen LogP contribution in [0.3, 0.4) is 0 Å². The van der Waals surface area contributed by atoms with Crippen molar-refractivity contribution in [2.45, 2.75) is 19.4 Å². The van der Waals surface area contributed by atoms with Crippen molar-refractivity contribution in [2.75, 3.05) is 5.32 Å². The van der Waals surface area contributed by atoms with E-state index in [1.54, 1.807) is 6.92 Å². The number of carbonyl (C=O) groups is 1. The summed E-state index contributed by atoms with van der Waals surface area (Å²) in [6, 6.07) is 1.95. The number of benzene rings is 1. The number of hydrogen-bond donors (Lipinski definition) is 2. The van der Waals surface area contributed by atoms with Crippen molar-refractivity contribution in [3.63, 3.8) is 0 Å². The molecule has 1 atom stereocenters. The van der Waals surface area contributed by atoms with Crippen LogP contribution in [0.1, 0.15) is 23.7 Å². The van der Waals surface area contributed by atoms with Gasteiger partial charge in [-0.25, -0.2) is 13.6 Å². The van der Waals surface area contributed by atoms with Gasteiger partial charge in [0.1, 0.15) is 0 Å². The highest BCUT2D eigenvalue weighted by Crippen LogP contribution is 2.21. The molecule has 0 aliphatic rings. The monoisotopic (exact) mass is 239 g/mol. The van der Waals surface area contributed by atoms with Crippen molar-refractivity contribution in [3.8, 4) is 12.3 Å². The largest absolute Gasteiger partial charge is 0.478 e. The molecule has 1 rings (SSSR count). The second-order valence-corrected chi connectivity index (χ2v) is 3.55. The molecule has 1 unspecified atom stereocenters. The van der Waals surface area contributed by atoms with Gasteiger partial charge >= 0.3 is 5.97 Å². The van der Waals surface area contributed by atoms with Crippen LogP contribution in [0.2, 0.25) is 0 Å². The summed E-state index contributed by atoms with van der Waals surface area (Å²) in [5.74, 6) is -1.72. The molecule has 0 spiro atoms. The lowest BCUT2D eigenvalue weighted by molar-refractivity contribution is 0.0690. The molecule has 5 heteroatoms. The quantitative estimate of drug-likeness (QED) is 0.793. The second-order valence-electron chi connectivity index (χ2n) is 3.55. The number of nitrogens with one attached hydrogen (secondary N) is 1. The van der Waals surface area contributed by atoms with Gasteiger partial charge in [0.15, 0.2) is 11.6 Å². The zero-order chi connectivity index (χ0) is 13.0. The summed E-state index contributed by atoms with van der Waals surface area (Å²) in [5.41, 5.74) is -0.798. The van der Waals surface area contributed by atoms with Crippen molar-refractivity contribution >= 4 is 11.7 Å². The maximum Gasteiger partial charge on any atom is 0.338 e. The van der Waals surface area contributed by atoms with E-state index < -0.39 is 23.2 Å². The minimum absolute atomic E-state index is 0.102. The lowest BCUT2D eigenvalue weighted by Gasteiger charge is -2.14. The second kappa shape index (κ2) is 5.30. The lowest BCUT2D eigenvalue weighted by Crippen LogP contribution is -2.16. The number of carboxylic acid groups (broad SMARTS) is 1. The van der Waals surface area contributed by atoms with Crippen LogP contribution in [0.5, 0.6) is 0 Å². The van der Waals surface area contributed by atoms with Crippen LogP contribution in [-0.4, -0.2) is 17.1 Å². The van der Waals surface area contributed by atoms with E-state index in [1.165, 1.54) is 6.07 Å². The van der Waals surface area contributed by atoms with Gasteiger partial charge in [-0.05, 0) is 19.1 Å². The third-order valence-electron chi connectivity index (χ3n) is 2.14. The fraction of sp³-hybridized carbons (Fsp3) is 0.250. The van der Waals surface area contributed by atoms with Crippen LogP contribution in [0.15, 0.2) is 12.1 Å². The highest BCUT2D eigenvalue weighted by molar-refractivity contribution is 5.88. The van der Waals surface area contributed by atoms with Crippen molar-refractivity contribution < 1.29 is 18.7 Å². The Bertz CT molecular complexity index is 480. The first-order chi connectivity index (χ1) is 7.97. The van der Waals surface area contributed by atoms with Gasteiger partial charge in [0.25, 0.3) is 0 Å². The predicted molar refractivity (Wildman–Crippen MR) is 59.9 cm³/mol. The molecule has 0 saturated carbocycles. The summed E-state index contributed by atoms with van der Waals surface area (Å²) in [6.45, 7) is 1.71. The number of aromatic carboxylic acids is 1. The Kier molecular flexibility index (Phi) is 4.05. The fourth-order valence-electron chi connectivity index (χ4n) is 1.32. The summed E-state index contributed by atoms with van der Waals surface area (Å²) < 4.78 is 26.8. The summed E-state index contributed by atoms with van der Waals surface area (Å²) >= 11 is 0. The van der Waals surface area contributed by atoms with Crippen LogP contribution in [-0.2, 0) is 0 Å². The van der Waals surface area contributed by atoms with E-state index in [1.807, 2.05) is 0 Å². The third kappa shape index (κ3) is 2.94. The molecule has 0 saturated heterocycles. The molecule has 90 valence electrons. The first-order valence-corrected chi connectivity index (χ1v) is 4.88. The van der Waals surface area contributed by atoms with E-state index in [-0.39, 0.29) is 11.7 Å². The smallest absolute Gasteiger partial charge is 0.338 e. The maximum absolute atomic E-state index is 13.5. The molecule has 0 bridgehead atoms. The normalized spacial score (nSPS) is 11.6. The van der Waals surface area contributed by atoms with E-state index in [4.69, 9.17) is 11.5 Å². The Morgan fingerprint density at radius 1 is 1.53 bits per heavy atom. The topological polar surface area (TPSA) is 49.3 Å². The standard InChI is InChI=1S/C12H11F2NO2/c1-3-4-7(2)15-9-6-5-8(12(16)17)10(13)11(9)14/h1,5-7,15H,4H2,2H3,(H,16,17). The molecule has 0 heterocycles. The van der Waals surface area contributed by atoms with Gasteiger partial charge < -0.3 is 10.4 Å². The number of rotatable bonds is 4. The average Bonchev–Trinajstić information content (AvgIpc) is 2.25. The highest BCUT2D eigenvalue weighted by Gasteiger charge is 2.18. The van der Waals surface area contributed by atoms with Crippen LogP contribution >= 0.6 is 0 Å². The molecular formula is C12H11F2NO2. The number of carboxylic acids is 1. The molecule has 2 N–H and O–H groups in total. The predicted octanol–water partition coefficient (Wildman–Crippen LogP) is 2.49. The minimum Gasteiger partial charge on any atom is -0.478 e. The Morgan fingerprint density at radius 3 is 2.71 bits per heavy atom. The Balaban J connectivity index is 3.01. The van der Waals surface area contributed by atoms with Crippen LogP contribution in [0, 0.1) is 24.0 Å². The van der Waals surface area contributed by atoms with Crippen molar-refractivity contribution in [2.24, 2.45) is 0 Å². The van der Waals surface area contributed by atoms with Gasteiger partial charge in [0.05, 0.1) is 11.3 Å². The van der Waals surface area contributed by atoms with E-state index in [0.717, 1.165) is 6.07 Å². The first-order valence-electron chi connectivity index (χ1n) is 4.88. The SMILES string of the molecule is C#CCC(C)Nc1ccc(C(=O)O)c(F)c1F. The van der Waals surface area contributed by atoms with Crippen LogP contribution < -0.4 is 5.32 Å². The van der Waals surface area contributed by atoms with E-state index in [0.29, 0.717) is 6.42 Å². The number of anilines is 1. The molecule has 0 amide bonds. The Labute approximate surface area is 97.5 Å². The van der Waals surface area contributed by atoms with Gasteiger partial charge in [0, 0.05) is 12.5 Å². The molecule has 0 aliphatic carbocycles. The first kappa shape index (κ1) is 13.0. The zero-order valence-electron chi connectivity index (χ0n) is 9.13. The molecular weight excluding hydrogens is 228 g/mol. The van der Waals surface area contributed by atoms with Crippen molar-refractivity contribution in [1.82, 2.24) is 0 Å². The fourth-order valence-corrected chi connectivity index (χ4v) is 1.32. The number of hydrogen-bond acceptors (Lipinski definition) is 2. The van der Waals surface area contributed by atoms with E-state index >= 15 is 0 Å². The highest BCUT2D eigenvalue weighted by atomic mass is 19.2. The summed E-state index contributed by atoms with van der Waals surface area (Å²) in [6.07, 6.45) is 5.43. The number of terminal acetylenes is 1. The number of halogens is 2. The summed E-state index contributed by atoms with van der Waals surface area (Å²) in [7, 11) is 0. The average molecular weight is 239 g/mol. The summed E-state index contributed by atoms with van der Waals surface area (Å²) in [5, 5.41) is 11.3. The van der Waals surface area contributed by atoms with E-state index in [9.17, 15) is 13.6 Å². The van der Waals surface area contributed by atoms with Crippen molar-refractivity contribution in [3.05, 3.63) is 29.3 Å². The Hall–Kier alpha value is -2.09. The third-order valence-corrected chi connectivity index (χ3v) is 2.14. The van der Waals surface area contributed by atoms with Gasteiger partial charge in [-0.15, -0.1) is 12.3 Å². The molecule has 0 aromatic heterocycles. The molecule has 17 heavy (non-hydrogen) atoms. The molecule has 1 aromatic rings. The van der Waals surface area contributed by atoms with Gasteiger partial charge in [0.2, 0.25) is 0 Å². The minimum atomic E-state index is -1.51. The Morgan fingerprint density at radius 2 is 2.18 bits per heavy atom. The zero-order valence-corrected chi connectivity index (χ0v) is 9.13. The van der Waals surface area contributed by atoms with Crippen LogP contribution in [0.25, 0.3) is 0 Å². The van der Waals surface area contributed by atoms with Gasteiger partial charge in [-0.3, -0.25) is 0 Å². The molecule has 0 aliphatic heterocycles. The van der Waals surface area contributed by atoms with Gasteiger partial charge in [-0.2, -0.15) is 0 Å². The lowest BCUT2D eigenvalue weighted by atomic mass is 10.1. The summed E-state index contributed by atoms with van der Waals surface area (Å²) in [4.78, 5) is 10.6.